The van der Waals surface area contributed by atoms with Crippen molar-refractivity contribution in [3.63, 3.8) is 0 Å². The molecule has 0 aliphatic carbocycles. The van der Waals surface area contributed by atoms with Gasteiger partial charge in [0.1, 0.15) is 0 Å². The van der Waals surface area contributed by atoms with Crippen LogP contribution in [0, 0.1) is 0 Å². The zero-order valence-electron chi connectivity index (χ0n) is 7.79. The Labute approximate surface area is 73.7 Å². The number of aliphatic hydroxyl groups excluding tert-OH is 1. The van der Waals surface area contributed by atoms with Crippen molar-refractivity contribution in [3.05, 3.63) is 11.8 Å². The lowest BCUT2D eigenvalue weighted by Crippen LogP contribution is -2.05. The number of rotatable bonds is 6. The molecule has 0 saturated carbocycles. The van der Waals surface area contributed by atoms with Gasteiger partial charge in [-0.3, -0.25) is 0 Å². The third-order valence-corrected chi connectivity index (χ3v) is 1.66. The normalized spacial score (nSPS) is 12.2. The van der Waals surface area contributed by atoms with Crippen molar-refractivity contribution < 1.29 is 14.9 Å². The minimum atomic E-state index is -1.69. The molecule has 0 aliphatic rings. The summed E-state index contributed by atoms with van der Waals surface area (Å²) in [4.78, 5) is 0. The summed E-state index contributed by atoms with van der Waals surface area (Å²) in [5.74, 6) is 0. The molecule has 0 aromatic rings. The summed E-state index contributed by atoms with van der Waals surface area (Å²) in [5, 5.41) is 16.8. The van der Waals surface area contributed by atoms with Crippen molar-refractivity contribution in [1.82, 2.24) is 0 Å². The van der Waals surface area contributed by atoms with Gasteiger partial charge in [-0.1, -0.05) is 20.3 Å². The van der Waals surface area contributed by atoms with Gasteiger partial charge in [0.25, 0.3) is 0 Å². The van der Waals surface area contributed by atoms with Crippen LogP contribution in [-0.4, -0.2) is 16.7 Å². The van der Waals surface area contributed by atoms with Crippen molar-refractivity contribution in [2.45, 2.75) is 46.0 Å². The molecule has 0 amide bonds. The number of hydrogen-bond donors (Lipinski definition) is 2. The summed E-state index contributed by atoms with van der Waals surface area (Å²) in [6.07, 6.45) is 5.57. The fourth-order valence-electron chi connectivity index (χ4n) is 0.880. The van der Waals surface area contributed by atoms with E-state index in [9.17, 15) is 0 Å². The molecule has 0 radical (unpaired) electrons. The number of hydrogen-bond acceptors (Lipinski definition) is 3. The Morgan fingerprint density at radius 1 is 1.42 bits per heavy atom. The maximum atomic E-state index is 8.41. The predicted octanol–water partition coefficient (Wildman–Crippen LogP) is 1.76. The number of allylic oxidation sites excluding steroid dienone is 1. The molecule has 0 bridgehead atoms. The van der Waals surface area contributed by atoms with Gasteiger partial charge in [-0.2, -0.15) is 0 Å². The van der Waals surface area contributed by atoms with E-state index in [2.05, 4.69) is 11.7 Å². The van der Waals surface area contributed by atoms with Gasteiger partial charge in [-0.05, 0) is 24.8 Å². The van der Waals surface area contributed by atoms with Gasteiger partial charge in [0.05, 0.1) is 6.26 Å². The highest BCUT2D eigenvalue weighted by Gasteiger charge is 1.96. The Morgan fingerprint density at radius 3 is 2.50 bits per heavy atom. The van der Waals surface area contributed by atoms with Gasteiger partial charge in [0, 0.05) is 0 Å². The van der Waals surface area contributed by atoms with Crippen LogP contribution in [0.15, 0.2) is 11.8 Å². The van der Waals surface area contributed by atoms with Crippen molar-refractivity contribution in [3.8, 4) is 0 Å². The zero-order valence-corrected chi connectivity index (χ0v) is 7.79. The quantitative estimate of drug-likeness (QED) is 0.476. The molecule has 2 N–H and O–H groups in total. The van der Waals surface area contributed by atoms with Crippen LogP contribution in [0.2, 0.25) is 0 Å². The third kappa shape index (κ3) is 6.19. The standard InChI is InChI=1S/C9H18O3/c1-3-5-6-8(4-2)7-12-9(10)11/h7,9-11H,3-6H2,1-2H3. The van der Waals surface area contributed by atoms with E-state index in [1.54, 1.807) is 0 Å². The van der Waals surface area contributed by atoms with Gasteiger partial charge in [0.2, 0.25) is 0 Å². The predicted molar refractivity (Wildman–Crippen MR) is 47.2 cm³/mol. The fourth-order valence-corrected chi connectivity index (χ4v) is 0.880. The number of unbranched alkanes of at least 4 members (excludes halogenated alkanes) is 1. The number of aliphatic hydroxyl groups is 2. The van der Waals surface area contributed by atoms with E-state index in [-0.39, 0.29) is 0 Å². The van der Waals surface area contributed by atoms with Crippen LogP contribution in [0.5, 0.6) is 0 Å². The highest BCUT2D eigenvalue weighted by Crippen LogP contribution is 2.11. The molecule has 0 fully saturated rings. The number of ether oxygens (including phenoxy) is 1. The van der Waals surface area contributed by atoms with Crippen LogP contribution in [0.25, 0.3) is 0 Å². The van der Waals surface area contributed by atoms with Crippen LogP contribution in [0.4, 0.5) is 0 Å². The molecular formula is C9H18O3. The first-order chi connectivity index (χ1) is 5.70. The molecule has 72 valence electrons. The lowest BCUT2D eigenvalue weighted by atomic mass is 10.1. The topological polar surface area (TPSA) is 49.7 Å². The Hall–Kier alpha value is -0.540. The molecule has 12 heavy (non-hydrogen) atoms. The van der Waals surface area contributed by atoms with Crippen LogP contribution >= 0.6 is 0 Å². The van der Waals surface area contributed by atoms with Crippen molar-refractivity contribution in [2.75, 3.05) is 0 Å². The summed E-state index contributed by atoms with van der Waals surface area (Å²) < 4.78 is 4.54. The molecule has 0 spiro atoms. The molecule has 0 aliphatic heterocycles. The lowest BCUT2D eigenvalue weighted by molar-refractivity contribution is -0.204. The van der Waals surface area contributed by atoms with Crippen LogP contribution in [0.1, 0.15) is 39.5 Å². The SMILES string of the molecule is CCCCC(=COC(O)O)CC. The first-order valence-corrected chi connectivity index (χ1v) is 4.40. The van der Waals surface area contributed by atoms with Crippen molar-refractivity contribution >= 4 is 0 Å². The van der Waals surface area contributed by atoms with Crippen molar-refractivity contribution in [2.24, 2.45) is 0 Å². The van der Waals surface area contributed by atoms with E-state index in [1.807, 2.05) is 6.92 Å². The van der Waals surface area contributed by atoms with Gasteiger partial charge in [-0.25, -0.2) is 0 Å². The average Bonchev–Trinajstić information content (AvgIpc) is 2.05. The van der Waals surface area contributed by atoms with Gasteiger partial charge >= 0.3 is 6.48 Å². The fraction of sp³-hybridized carbons (Fsp3) is 0.778. The van der Waals surface area contributed by atoms with Gasteiger partial charge in [0.15, 0.2) is 0 Å². The first kappa shape index (κ1) is 11.5. The van der Waals surface area contributed by atoms with Gasteiger partial charge in [-0.15, -0.1) is 0 Å². The Bertz CT molecular complexity index is 130. The molecule has 0 atom stereocenters. The maximum absolute atomic E-state index is 8.41. The Kier molecular flexibility index (Phi) is 6.81. The molecule has 3 heteroatoms. The monoisotopic (exact) mass is 174 g/mol. The zero-order chi connectivity index (χ0) is 9.40. The van der Waals surface area contributed by atoms with Crippen LogP contribution < -0.4 is 0 Å². The Balaban J connectivity index is 3.70. The molecule has 0 rings (SSSR count). The molecule has 0 aromatic carbocycles. The van der Waals surface area contributed by atoms with E-state index in [0.29, 0.717) is 0 Å². The third-order valence-electron chi connectivity index (χ3n) is 1.66. The molecule has 0 saturated heterocycles. The lowest BCUT2D eigenvalue weighted by Gasteiger charge is -2.06. The van der Waals surface area contributed by atoms with E-state index < -0.39 is 6.48 Å². The first-order valence-electron chi connectivity index (χ1n) is 4.40. The maximum Gasteiger partial charge on any atom is 0.310 e. The second kappa shape index (κ2) is 7.13. The molecule has 3 nitrogen and oxygen atoms in total. The second-order valence-corrected chi connectivity index (χ2v) is 2.70. The summed E-state index contributed by atoms with van der Waals surface area (Å²) in [6.45, 7) is 2.46. The van der Waals surface area contributed by atoms with Gasteiger partial charge < -0.3 is 14.9 Å². The summed E-state index contributed by atoms with van der Waals surface area (Å²) in [5.41, 5.74) is 1.12. The molecular weight excluding hydrogens is 156 g/mol. The molecule has 0 aromatic heterocycles. The highest BCUT2D eigenvalue weighted by atomic mass is 16.7. The van der Waals surface area contributed by atoms with Crippen LogP contribution in [-0.2, 0) is 4.74 Å². The van der Waals surface area contributed by atoms with E-state index >= 15 is 0 Å². The highest BCUT2D eigenvalue weighted by molar-refractivity contribution is 4.96. The van der Waals surface area contributed by atoms with Crippen molar-refractivity contribution in [1.29, 1.82) is 0 Å². The van der Waals surface area contributed by atoms with E-state index in [0.717, 1.165) is 31.3 Å². The molecule has 0 heterocycles. The smallest absolute Gasteiger partial charge is 0.310 e. The largest absolute Gasteiger partial charge is 0.450 e. The average molecular weight is 174 g/mol. The minimum Gasteiger partial charge on any atom is -0.450 e. The van der Waals surface area contributed by atoms with E-state index in [4.69, 9.17) is 10.2 Å². The minimum absolute atomic E-state index is 0.896. The van der Waals surface area contributed by atoms with Crippen LogP contribution in [0.3, 0.4) is 0 Å². The summed E-state index contributed by atoms with van der Waals surface area (Å²) >= 11 is 0. The second-order valence-electron chi connectivity index (χ2n) is 2.70. The Morgan fingerprint density at radius 2 is 2.08 bits per heavy atom. The van der Waals surface area contributed by atoms with E-state index in [1.165, 1.54) is 6.26 Å². The molecule has 0 unspecified atom stereocenters. The summed E-state index contributed by atoms with van der Waals surface area (Å²) in [6, 6.07) is 0. The summed E-state index contributed by atoms with van der Waals surface area (Å²) in [7, 11) is 0.